The molecule has 0 aliphatic heterocycles. The third-order valence-electron chi connectivity index (χ3n) is 5.89. The van der Waals surface area contributed by atoms with Crippen LogP contribution in [0.25, 0.3) is 11.3 Å². The number of nitrogens with two attached hydrogens (primary N) is 1. The van der Waals surface area contributed by atoms with Crippen molar-refractivity contribution in [2.45, 2.75) is 52.1 Å². The average Bonchev–Trinajstić information content (AvgIpc) is 3.25. The van der Waals surface area contributed by atoms with E-state index >= 15 is 0 Å². The Balaban J connectivity index is 2.03. The Labute approximate surface area is 205 Å². The number of halogens is 2. The number of nitrogens with zero attached hydrogens (tertiary/aromatic N) is 2. The van der Waals surface area contributed by atoms with Crippen molar-refractivity contribution in [2.75, 3.05) is 13.7 Å². The third-order valence-corrected chi connectivity index (χ3v) is 5.89. The van der Waals surface area contributed by atoms with Crippen LogP contribution in [-0.2, 0) is 16.1 Å². The summed E-state index contributed by atoms with van der Waals surface area (Å²) in [5, 5.41) is 3.01. The molecular weight excluding hydrogens is 450 g/mol. The highest BCUT2D eigenvalue weighted by molar-refractivity contribution is 5.81. The lowest BCUT2D eigenvalue weighted by molar-refractivity contribution is -0.134. The molecule has 3 rings (SSSR count). The molecule has 188 valence electrons. The number of hydrogen-bond acceptors (Lipinski definition) is 4. The van der Waals surface area contributed by atoms with Gasteiger partial charge in [0.05, 0.1) is 18.3 Å². The van der Waals surface area contributed by atoms with Gasteiger partial charge in [-0.15, -0.1) is 0 Å². The Bertz CT molecular complexity index is 1110. The van der Waals surface area contributed by atoms with Crippen LogP contribution >= 0.6 is 0 Å². The van der Waals surface area contributed by atoms with E-state index in [-0.39, 0.29) is 25.3 Å². The number of carbonyl (C=O) groups excluding carboxylic acids is 1. The summed E-state index contributed by atoms with van der Waals surface area (Å²) in [6.45, 7) is 5.97. The molecule has 0 aliphatic rings. The van der Waals surface area contributed by atoms with Gasteiger partial charge in [0, 0.05) is 37.4 Å². The highest BCUT2D eigenvalue weighted by Crippen LogP contribution is 2.34. The number of amides is 1. The summed E-state index contributed by atoms with van der Waals surface area (Å²) < 4.78 is 35.6. The van der Waals surface area contributed by atoms with Gasteiger partial charge in [-0.25, -0.2) is 13.8 Å². The van der Waals surface area contributed by atoms with E-state index in [1.54, 1.807) is 18.2 Å². The number of carbonyl (C=O) groups is 1. The summed E-state index contributed by atoms with van der Waals surface area (Å²) in [6, 6.07) is 15.6. The molecule has 0 spiro atoms. The van der Waals surface area contributed by atoms with E-state index in [4.69, 9.17) is 15.5 Å². The van der Waals surface area contributed by atoms with Crippen molar-refractivity contribution in [3.63, 3.8) is 0 Å². The monoisotopic (exact) mass is 484 g/mol. The first-order chi connectivity index (χ1) is 16.6. The quantitative estimate of drug-likeness (QED) is 0.439. The van der Waals surface area contributed by atoms with E-state index in [2.05, 4.69) is 5.32 Å². The maximum Gasteiger partial charge on any atom is 0.249 e. The zero-order valence-electron chi connectivity index (χ0n) is 20.7. The lowest BCUT2D eigenvalue weighted by atomic mass is 9.85. The number of aromatic nitrogens is 2. The second-order valence-corrected chi connectivity index (χ2v) is 9.67. The van der Waals surface area contributed by atoms with Gasteiger partial charge in [-0.3, -0.25) is 4.79 Å². The number of methoxy groups -OCH3 is 1. The molecule has 0 saturated carbocycles. The normalized spacial score (nSPS) is 14.4. The van der Waals surface area contributed by atoms with E-state index in [1.165, 1.54) is 13.2 Å². The number of nitrogens with one attached hydrogen (secondary N) is 1. The molecular formula is C27H34F2N4O2. The predicted molar refractivity (Wildman–Crippen MR) is 133 cm³/mol. The summed E-state index contributed by atoms with van der Waals surface area (Å²) in [4.78, 5) is 18.0. The zero-order valence-corrected chi connectivity index (χ0v) is 20.7. The van der Waals surface area contributed by atoms with E-state index in [0.29, 0.717) is 17.1 Å². The van der Waals surface area contributed by atoms with Crippen LogP contribution in [0, 0.1) is 11.2 Å². The molecule has 1 unspecified atom stereocenters. The van der Waals surface area contributed by atoms with Crippen LogP contribution in [0.3, 0.4) is 0 Å². The number of rotatable bonds is 10. The molecule has 1 amide bonds. The number of alkyl halides is 1. The Morgan fingerprint density at radius 3 is 2.40 bits per heavy atom. The molecule has 0 saturated heterocycles. The second-order valence-electron chi connectivity index (χ2n) is 9.67. The minimum atomic E-state index is -1.36. The van der Waals surface area contributed by atoms with Gasteiger partial charge >= 0.3 is 0 Å². The van der Waals surface area contributed by atoms with Crippen LogP contribution in [0.1, 0.15) is 44.6 Å². The maximum atomic E-state index is 14.5. The second kappa shape index (κ2) is 11.6. The maximum absolute atomic E-state index is 14.5. The van der Waals surface area contributed by atoms with E-state index in [9.17, 15) is 13.6 Å². The molecule has 3 atom stereocenters. The molecule has 0 aliphatic carbocycles. The lowest BCUT2D eigenvalue weighted by Crippen LogP contribution is -2.45. The van der Waals surface area contributed by atoms with Crippen molar-refractivity contribution in [3.05, 3.63) is 78.0 Å². The molecule has 6 nitrogen and oxygen atoms in total. The van der Waals surface area contributed by atoms with Gasteiger partial charge in [0.25, 0.3) is 0 Å². The molecule has 3 N–H and O–H groups in total. The topological polar surface area (TPSA) is 82.2 Å². The van der Waals surface area contributed by atoms with Crippen molar-refractivity contribution in [3.8, 4) is 11.3 Å². The third kappa shape index (κ3) is 6.74. The summed E-state index contributed by atoms with van der Waals surface area (Å²) >= 11 is 0. The SMILES string of the molecule is COC(C[C@@H](F)CN)C(=O)N[C@@H](c1nc(-c2ccccc2)cn1Cc1ccccc1F)C(C)(C)C. The Kier molecular flexibility index (Phi) is 8.75. The van der Waals surface area contributed by atoms with Gasteiger partial charge in [0.2, 0.25) is 5.91 Å². The fraction of sp³-hybridized carbons (Fsp3) is 0.407. The molecule has 0 fully saturated rings. The van der Waals surface area contributed by atoms with Gasteiger partial charge < -0.3 is 20.4 Å². The number of benzene rings is 2. The Morgan fingerprint density at radius 2 is 1.80 bits per heavy atom. The van der Waals surface area contributed by atoms with Crippen LogP contribution in [0.4, 0.5) is 8.78 Å². The predicted octanol–water partition coefficient (Wildman–Crippen LogP) is 4.64. The summed E-state index contributed by atoms with van der Waals surface area (Å²) in [6.07, 6.45) is -0.635. The first-order valence-corrected chi connectivity index (χ1v) is 11.7. The van der Waals surface area contributed by atoms with Crippen molar-refractivity contribution in [1.82, 2.24) is 14.9 Å². The average molecular weight is 485 g/mol. The van der Waals surface area contributed by atoms with E-state index in [0.717, 1.165) is 5.56 Å². The van der Waals surface area contributed by atoms with Crippen molar-refractivity contribution >= 4 is 5.91 Å². The first-order valence-electron chi connectivity index (χ1n) is 11.7. The van der Waals surface area contributed by atoms with Crippen LogP contribution in [0.15, 0.2) is 60.8 Å². The van der Waals surface area contributed by atoms with Crippen LogP contribution in [-0.4, -0.2) is 41.4 Å². The van der Waals surface area contributed by atoms with Gasteiger partial charge in [-0.05, 0) is 11.5 Å². The van der Waals surface area contributed by atoms with Gasteiger partial charge in [-0.1, -0.05) is 69.3 Å². The van der Waals surface area contributed by atoms with E-state index < -0.39 is 29.6 Å². The van der Waals surface area contributed by atoms with Crippen molar-refractivity contribution < 1.29 is 18.3 Å². The molecule has 0 radical (unpaired) electrons. The number of ether oxygens (including phenoxy) is 1. The standard InChI is InChI=1S/C27H34F2N4O2/c1-27(2,3)24(32-26(34)23(35-4)14-20(28)15-30)25-31-22(18-10-6-5-7-11-18)17-33(25)16-19-12-8-9-13-21(19)29/h5-13,17,20,23-24H,14-16,30H2,1-4H3,(H,32,34)/t20-,23?,24+/m1/s1. The lowest BCUT2D eigenvalue weighted by Gasteiger charge is -2.32. The van der Waals surface area contributed by atoms with Crippen molar-refractivity contribution in [1.29, 1.82) is 0 Å². The minimum Gasteiger partial charge on any atom is -0.372 e. The molecule has 0 bridgehead atoms. The van der Waals surface area contributed by atoms with Gasteiger partial charge in [0.15, 0.2) is 0 Å². The van der Waals surface area contributed by atoms with Gasteiger partial charge in [-0.2, -0.15) is 0 Å². The Morgan fingerprint density at radius 1 is 1.14 bits per heavy atom. The molecule has 3 aromatic rings. The highest BCUT2D eigenvalue weighted by Gasteiger charge is 2.35. The van der Waals surface area contributed by atoms with Crippen molar-refractivity contribution in [2.24, 2.45) is 11.1 Å². The van der Waals surface area contributed by atoms with Gasteiger partial charge in [0.1, 0.15) is 23.9 Å². The van der Waals surface area contributed by atoms with E-state index in [1.807, 2.05) is 61.9 Å². The van der Waals surface area contributed by atoms with Crippen LogP contribution in [0.5, 0.6) is 0 Å². The Hall–Kier alpha value is -3.10. The fourth-order valence-electron chi connectivity index (χ4n) is 3.89. The fourth-order valence-corrected chi connectivity index (χ4v) is 3.89. The molecule has 8 heteroatoms. The smallest absolute Gasteiger partial charge is 0.249 e. The number of imidazole rings is 1. The zero-order chi connectivity index (χ0) is 25.6. The summed E-state index contributed by atoms with van der Waals surface area (Å²) in [5.41, 5.74) is 7.03. The molecule has 2 aromatic carbocycles. The minimum absolute atomic E-state index is 0.144. The largest absolute Gasteiger partial charge is 0.372 e. The summed E-state index contributed by atoms with van der Waals surface area (Å²) in [7, 11) is 1.37. The van der Waals surface area contributed by atoms with Crippen LogP contribution < -0.4 is 11.1 Å². The summed E-state index contributed by atoms with van der Waals surface area (Å²) in [5.74, 6) is -0.205. The van der Waals surface area contributed by atoms with Crippen LogP contribution in [0.2, 0.25) is 0 Å². The number of hydrogen-bond donors (Lipinski definition) is 2. The first kappa shape index (κ1) is 26.5. The molecule has 35 heavy (non-hydrogen) atoms. The molecule has 1 aromatic heterocycles. The highest BCUT2D eigenvalue weighted by atomic mass is 19.1. The molecule has 1 heterocycles.